The molecule has 2 atom stereocenters. The number of ether oxygens (including phenoxy) is 1. The average molecular weight is 426 g/mol. The molecule has 7 nitrogen and oxygen atoms in total. The molecule has 2 aromatic heterocycles. The fourth-order valence-corrected chi connectivity index (χ4v) is 6.79. The highest BCUT2D eigenvalue weighted by Crippen LogP contribution is 2.64. The minimum Gasteiger partial charge on any atom is -0.497 e. The summed E-state index contributed by atoms with van der Waals surface area (Å²) in [6, 6.07) is 7.99. The molecule has 2 unspecified atom stereocenters. The van der Waals surface area contributed by atoms with Gasteiger partial charge < -0.3 is 9.15 Å². The van der Waals surface area contributed by atoms with Crippen molar-refractivity contribution >= 4 is 11.6 Å². The van der Waals surface area contributed by atoms with E-state index in [9.17, 15) is 0 Å². The highest BCUT2D eigenvalue weighted by atomic mass is 35.5. The summed E-state index contributed by atoms with van der Waals surface area (Å²) in [5, 5.41) is 13.8. The van der Waals surface area contributed by atoms with Gasteiger partial charge in [-0.15, -0.1) is 15.3 Å². The van der Waals surface area contributed by atoms with E-state index in [4.69, 9.17) is 20.8 Å². The first kappa shape index (κ1) is 18.4. The lowest BCUT2D eigenvalue weighted by molar-refractivity contribution is -0.0775. The molecule has 4 bridgehead atoms. The Morgan fingerprint density at radius 3 is 2.57 bits per heavy atom. The largest absolute Gasteiger partial charge is 0.497 e. The van der Waals surface area contributed by atoms with Gasteiger partial charge in [-0.1, -0.05) is 12.1 Å². The van der Waals surface area contributed by atoms with Crippen LogP contribution in [0.3, 0.4) is 0 Å². The van der Waals surface area contributed by atoms with Gasteiger partial charge in [0.05, 0.1) is 24.5 Å². The molecule has 0 spiro atoms. The summed E-state index contributed by atoms with van der Waals surface area (Å²) >= 11 is 6.06. The minimum absolute atomic E-state index is 0.0329. The van der Waals surface area contributed by atoms with Gasteiger partial charge in [-0.3, -0.25) is 0 Å². The number of halogens is 1. The van der Waals surface area contributed by atoms with Gasteiger partial charge in [0, 0.05) is 0 Å². The fraction of sp³-hybridized carbons (Fsp3) is 0.545. The zero-order chi connectivity index (χ0) is 20.3. The molecule has 1 aromatic carbocycles. The van der Waals surface area contributed by atoms with Gasteiger partial charge in [-0.05, 0) is 79.7 Å². The zero-order valence-corrected chi connectivity index (χ0v) is 17.7. The van der Waals surface area contributed by atoms with Gasteiger partial charge in [0.25, 0.3) is 0 Å². The van der Waals surface area contributed by atoms with Gasteiger partial charge in [0.1, 0.15) is 12.1 Å². The second-order valence-corrected chi connectivity index (χ2v) is 9.79. The lowest BCUT2D eigenvalue weighted by Gasteiger charge is -2.60. The van der Waals surface area contributed by atoms with Crippen molar-refractivity contribution < 1.29 is 9.15 Å². The zero-order valence-electron chi connectivity index (χ0n) is 16.9. The highest BCUT2D eigenvalue weighted by Gasteiger charge is 2.61. The summed E-state index contributed by atoms with van der Waals surface area (Å²) in [7, 11) is 1.67. The van der Waals surface area contributed by atoms with Crippen LogP contribution in [0, 0.1) is 11.8 Å². The third kappa shape index (κ3) is 2.86. The first-order chi connectivity index (χ1) is 14.6. The van der Waals surface area contributed by atoms with Crippen LogP contribution in [0.15, 0.2) is 35.0 Å². The Kier molecular flexibility index (Phi) is 4.01. The first-order valence-corrected chi connectivity index (χ1v) is 11.0. The second kappa shape index (κ2) is 6.54. The Bertz CT molecular complexity index is 1060. The van der Waals surface area contributed by atoms with Crippen LogP contribution in [0.2, 0.25) is 5.28 Å². The lowest BCUT2D eigenvalue weighted by Crippen LogP contribution is -2.58. The maximum absolute atomic E-state index is 6.29. The summed E-state index contributed by atoms with van der Waals surface area (Å²) in [5.41, 5.74) is 1.04. The third-order valence-electron chi connectivity index (χ3n) is 7.42. The molecule has 4 aliphatic rings. The van der Waals surface area contributed by atoms with Gasteiger partial charge in [-0.2, -0.15) is 0 Å². The number of rotatable bonds is 5. The molecule has 7 rings (SSSR count). The number of nitrogens with zero attached hydrogens (tertiary/aromatic N) is 5. The van der Waals surface area contributed by atoms with E-state index >= 15 is 0 Å². The number of aromatic nitrogens is 5. The molecule has 4 aliphatic carbocycles. The quantitative estimate of drug-likeness (QED) is 0.610. The van der Waals surface area contributed by atoms with Gasteiger partial charge >= 0.3 is 0 Å². The van der Waals surface area contributed by atoms with E-state index in [-0.39, 0.29) is 11.0 Å². The molecule has 0 radical (unpaired) electrons. The van der Waals surface area contributed by atoms with E-state index in [0.29, 0.717) is 29.4 Å². The summed E-state index contributed by atoms with van der Waals surface area (Å²) in [6.07, 6.45) is 9.21. The molecular formula is C22H24ClN5O2. The highest BCUT2D eigenvalue weighted by molar-refractivity contribution is 6.28. The van der Waals surface area contributed by atoms with E-state index in [0.717, 1.165) is 49.3 Å². The van der Waals surface area contributed by atoms with Crippen molar-refractivity contribution in [3.05, 3.63) is 53.2 Å². The predicted octanol–water partition coefficient (Wildman–Crippen LogP) is 4.16. The third-order valence-corrected chi connectivity index (χ3v) is 7.59. The van der Waals surface area contributed by atoms with E-state index in [1.165, 1.54) is 6.42 Å². The molecule has 8 heteroatoms. The predicted molar refractivity (Wildman–Crippen MR) is 109 cm³/mol. The van der Waals surface area contributed by atoms with E-state index < -0.39 is 0 Å². The molecule has 0 aliphatic heterocycles. The number of methoxy groups -OCH3 is 1. The van der Waals surface area contributed by atoms with Crippen LogP contribution in [0.5, 0.6) is 5.75 Å². The van der Waals surface area contributed by atoms with Crippen LogP contribution in [0.25, 0.3) is 0 Å². The number of hydrogen-bond donors (Lipinski definition) is 0. The van der Waals surface area contributed by atoms with E-state index in [1.54, 1.807) is 13.4 Å². The van der Waals surface area contributed by atoms with Crippen molar-refractivity contribution in [1.82, 2.24) is 25.0 Å². The van der Waals surface area contributed by atoms with E-state index in [1.807, 2.05) is 28.9 Å². The minimum atomic E-state index is -0.0618. The number of hydrogen-bond acceptors (Lipinski definition) is 6. The molecule has 0 saturated heterocycles. The van der Waals surface area contributed by atoms with Crippen LogP contribution in [0.1, 0.15) is 55.9 Å². The number of benzene rings is 1. The summed E-state index contributed by atoms with van der Waals surface area (Å²) in [4.78, 5) is 4.19. The van der Waals surface area contributed by atoms with Crippen LogP contribution < -0.4 is 4.74 Å². The second-order valence-electron chi connectivity index (χ2n) is 9.45. The molecule has 0 N–H and O–H groups in total. The van der Waals surface area contributed by atoms with E-state index in [2.05, 4.69) is 20.3 Å². The van der Waals surface area contributed by atoms with Crippen molar-refractivity contribution in [2.24, 2.45) is 11.8 Å². The van der Waals surface area contributed by atoms with Crippen LogP contribution in [-0.4, -0.2) is 32.1 Å². The Balaban J connectivity index is 1.30. The van der Waals surface area contributed by atoms with Crippen molar-refractivity contribution in [2.75, 3.05) is 7.11 Å². The smallest absolute Gasteiger partial charge is 0.242 e. The standard InChI is InChI=1S/C22H24ClN5O2/c1-29-17-4-2-14(3-5-17)7-18-25-26-19(30-18)21-8-15-6-16(9-21)11-22(10-15,12-21)28-13-24-20(23)27-28/h2-5,13,15-16H,6-12H2,1H3. The van der Waals surface area contributed by atoms with Crippen LogP contribution in [-0.2, 0) is 17.4 Å². The molecule has 4 fully saturated rings. The first-order valence-electron chi connectivity index (χ1n) is 10.6. The SMILES string of the molecule is COc1ccc(Cc2nnc(C34CC5CC(C3)CC(n3cnc(Cl)n3)(C5)C4)o2)cc1. The Morgan fingerprint density at radius 2 is 1.90 bits per heavy atom. The fourth-order valence-electron chi connectivity index (χ4n) is 6.66. The Morgan fingerprint density at radius 1 is 1.13 bits per heavy atom. The molecule has 30 heavy (non-hydrogen) atoms. The van der Waals surface area contributed by atoms with Crippen molar-refractivity contribution in [3.63, 3.8) is 0 Å². The maximum atomic E-state index is 6.29. The average Bonchev–Trinajstić information content (AvgIpc) is 3.38. The summed E-state index contributed by atoms with van der Waals surface area (Å²) in [5.74, 6) is 3.63. The van der Waals surface area contributed by atoms with Crippen molar-refractivity contribution in [1.29, 1.82) is 0 Å². The van der Waals surface area contributed by atoms with Gasteiger partial charge in [0.2, 0.25) is 17.1 Å². The van der Waals surface area contributed by atoms with Gasteiger partial charge in [0.15, 0.2) is 0 Å². The summed E-state index contributed by atoms with van der Waals surface area (Å²) < 4.78 is 13.6. The molecular weight excluding hydrogens is 402 g/mol. The molecule has 0 amide bonds. The molecule has 3 aromatic rings. The summed E-state index contributed by atoms with van der Waals surface area (Å²) in [6.45, 7) is 0. The molecule has 156 valence electrons. The van der Waals surface area contributed by atoms with Crippen LogP contribution in [0.4, 0.5) is 0 Å². The van der Waals surface area contributed by atoms with Crippen molar-refractivity contribution in [3.8, 4) is 5.75 Å². The Labute approximate surface area is 179 Å². The molecule has 2 heterocycles. The Hall–Kier alpha value is -2.41. The van der Waals surface area contributed by atoms with Crippen LogP contribution >= 0.6 is 11.6 Å². The van der Waals surface area contributed by atoms with Gasteiger partial charge in [-0.25, -0.2) is 9.67 Å². The van der Waals surface area contributed by atoms with Crippen molar-refractivity contribution in [2.45, 2.75) is 55.9 Å². The topological polar surface area (TPSA) is 78.9 Å². The monoisotopic (exact) mass is 425 g/mol. The maximum Gasteiger partial charge on any atom is 0.242 e. The molecule has 4 saturated carbocycles. The normalized spacial score (nSPS) is 31.9. The lowest BCUT2D eigenvalue weighted by atomic mass is 9.47.